The van der Waals surface area contributed by atoms with Crippen LogP contribution in [0.4, 0.5) is 32.3 Å². The van der Waals surface area contributed by atoms with Gasteiger partial charge in [-0.1, -0.05) is 24.3 Å². The number of hydrogen-bond acceptors (Lipinski definition) is 22. The van der Waals surface area contributed by atoms with Gasteiger partial charge in [-0.25, -0.2) is 63.2 Å². The van der Waals surface area contributed by atoms with Crippen LogP contribution in [-0.2, 0) is 40.5 Å². The third-order valence-corrected chi connectivity index (χ3v) is 21.1. The molecule has 4 aromatic carbocycles. The van der Waals surface area contributed by atoms with E-state index in [0.29, 0.717) is 67.9 Å². The van der Waals surface area contributed by atoms with Crippen molar-refractivity contribution in [2.75, 3.05) is 21.3 Å². The van der Waals surface area contributed by atoms with Crippen molar-refractivity contribution >= 4 is 122 Å². The van der Waals surface area contributed by atoms with Crippen LogP contribution in [0.1, 0.15) is 92.8 Å². The number of carbonyl (C=O) groups excluding carboxylic acids is 6. The predicted octanol–water partition coefficient (Wildman–Crippen LogP) is -2.11. The molecule has 8 amide bonds. The van der Waals surface area contributed by atoms with E-state index < -0.39 is 119 Å². The molecule has 0 aliphatic heterocycles. The van der Waals surface area contributed by atoms with E-state index in [-0.39, 0.29) is 215 Å². The summed E-state index contributed by atoms with van der Waals surface area (Å²) in [6.45, 7) is 0. The molecule has 108 heavy (non-hydrogen) atoms. The number of hydrogen-bond donors (Lipinski definition) is 8. The maximum Gasteiger partial charge on any atom is 1.00 e. The number of aliphatic hydroxyl groups is 4. The maximum atomic E-state index is 12.8. The summed E-state index contributed by atoms with van der Waals surface area (Å²) >= 11 is 0. The number of carbonyl (C=O) groups is 6. The number of fused-ring (bicyclic) bond motifs is 4. The van der Waals surface area contributed by atoms with Gasteiger partial charge in [-0.2, -0.15) is 0 Å². The Morgan fingerprint density at radius 2 is 0.491 bits per heavy atom. The van der Waals surface area contributed by atoms with Crippen molar-refractivity contribution in [1.82, 2.24) is 0 Å². The zero-order valence-electron chi connectivity index (χ0n) is 57.7. The van der Waals surface area contributed by atoms with Crippen LogP contribution in [0.25, 0.3) is 0 Å². The minimum absolute atomic E-state index is 0. The average molecular weight is 1580 g/mol. The molecule has 12 rings (SSSR count). The number of amides is 8. The van der Waals surface area contributed by atoms with E-state index in [1.54, 1.807) is 48.6 Å². The van der Waals surface area contributed by atoms with E-state index in [1.165, 1.54) is 97.1 Å². The normalized spacial score (nSPS) is 20.9. The molecular weight excluding hydrogens is 1530 g/mol. The molecule has 30 nitrogen and oxygen atoms in total. The van der Waals surface area contributed by atoms with Crippen LogP contribution in [-0.4, -0.2) is 131 Å². The van der Waals surface area contributed by atoms with E-state index >= 15 is 0 Å². The Morgan fingerprint density at radius 1 is 0.315 bits per heavy atom. The van der Waals surface area contributed by atoms with Crippen molar-refractivity contribution in [2.24, 2.45) is 43.6 Å². The number of rotatable bonds is 12. The van der Waals surface area contributed by atoms with Gasteiger partial charge in [0, 0.05) is 137 Å². The van der Waals surface area contributed by atoms with Crippen molar-refractivity contribution < 1.29 is 219 Å². The summed E-state index contributed by atoms with van der Waals surface area (Å²) in [7, 11) is -18.8. The Morgan fingerprint density at radius 3 is 0.657 bits per heavy atom. The number of benzene rings is 4. The molecule has 8 aliphatic rings. The third-order valence-electron chi connectivity index (χ3n) is 17.4. The summed E-state index contributed by atoms with van der Waals surface area (Å²) in [4.78, 5) is 91.2. The van der Waals surface area contributed by atoms with Crippen LogP contribution in [0.2, 0.25) is 0 Å². The fourth-order valence-electron chi connectivity index (χ4n) is 12.0. The van der Waals surface area contributed by atoms with Gasteiger partial charge < -0.3 is 59.9 Å². The molecule has 0 radical (unpaired) electrons. The first-order valence-electron chi connectivity index (χ1n) is 31.2. The molecule has 4 atom stereocenters. The zero-order valence-corrected chi connectivity index (χ0v) is 69.0. The smallest absolute Gasteiger partial charge is 0.744 e. The van der Waals surface area contributed by atoms with Crippen molar-refractivity contribution in [2.45, 2.75) is 51.4 Å². The Kier molecular flexibility index (Phi) is 29.7. The number of anilines is 4. The molecule has 0 aromatic heterocycles. The molecule has 0 fully saturated rings. The van der Waals surface area contributed by atoms with E-state index in [9.17, 15) is 101 Å². The van der Waals surface area contributed by atoms with Crippen LogP contribution >= 0.6 is 0 Å². The van der Waals surface area contributed by atoms with Gasteiger partial charge in [0.1, 0.15) is 63.5 Å². The summed E-state index contributed by atoms with van der Waals surface area (Å²) in [6, 6.07) is 22.5. The van der Waals surface area contributed by atoms with Crippen LogP contribution in [0.15, 0.2) is 255 Å². The fourth-order valence-corrected chi connectivity index (χ4v) is 14.6. The second-order valence-electron chi connectivity index (χ2n) is 24.4. The molecule has 0 spiro atoms. The third kappa shape index (κ3) is 22.4. The van der Waals surface area contributed by atoms with E-state index in [0.717, 1.165) is 24.3 Å². The molecular formula is C70H56N8Na4O22S4. The minimum Gasteiger partial charge on any atom is -0.744 e. The molecule has 0 heterocycles. The van der Waals surface area contributed by atoms with E-state index in [2.05, 4.69) is 41.2 Å². The first-order valence-corrected chi connectivity index (χ1v) is 36.8. The number of allylic oxidation sites excluding steroid dienone is 20. The molecule has 4 unspecified atom stereocenters. The largest absolute Gasteiger partial charge is 1.00 e. The van der Waals surface area contributed by atoms with Crippen molar-refractivity contribution in [3.05, 3.63) is 257 Å². The van der Waals surface area contributed by atoms with Gasteiger partial charge >= 0.3 is 130 Å². The standard InChI is InChI=1S/2C35H30N4O11S2.4Na/c2*40-31-17-27(51(45,46)47)13-21-5-11-25(15-29(21)31)36-33(42)19-1-7-23(8-2-19)38-35(44)39-24-9-3-20(4-10-24)34(43)37-26-12-6-22-14-28(52(48,49)50)18-32(41)30(22)16-26;;;;/h2*1-12,17-18,21-22,40-41H,13-16H2,(H2,38,39,44)(H,45,46,47)(H,48,49,50);;;;/q;;4*+1/p-4. The number of urea groups is 2. The number of aliphatic imine (C=N–C) groups is 4. The Hall–Kier alpha value is -7.50. The number of nitrogens with zero attached hydrogens (tertiary/aromatic N) is 4. The average Bonchev–Trinajstić information content (AvgIpc) is 0.804. The SMILES string of the molecule is O=C(Nc1ccc(C(=O)N=C2C=CC3CC(S(=O)(=O)[O-])=CC(O)=C3C2)cc1)Nc1ccc(C(=O)N=C2C=CC3CC(S(=O)(=O)[O-])=CC(O)=C3C2)cc1.O=C(Nc1ccc(C(=O)N=C2C=CC3CC(S(=O)(=O)[O-])=CC(O)=C3C2)cc1)Nc1ccc(C(=O)N=C2C=CC3CC(S(=O)(=O)[O-])=CC(O)=C3C2)cc1.[Na+].[Na+].[Na+].[Na+]. The molecule has 8 N–H and O–H groups in total. The quantitative estimate of drug-likeness (QED) is 0.0556. The van der Waals surface area contributed by atoms with Gasteiger partial charge in [0.25, 0.3) is 23.6 Å². The van der Waals surface area contributed by atoms with E-state index in [4.69, 9.17) is 0 Å². The summed E-state index contributed by atoms with van der Waals surface area (Å²) in [5.41, 5.74) is 5.48. The second-order valence-corrected chi connectivity index (χ2v) is 30.1. The van der Waals surface area contributed by atoms with Crippen LogP contribution in [0.3, 0.4) is 0 Å². The van der Waals surface area contributed by atoms with Crippen LogP contribution < -0.4 is 139 Å². The van der Waals surface area contributed by atoms with Crippen molar-refractivity contribution in [3.8, 4) is 0 Å². The first-order chi connectivity index (χ1) is 49.1. The number of aliphatic hydroxyl groups excluding tert-OH is 4. The summed E-state index contributed by atoms with van der Waals surface area (Å²) in [5.74, 6) is -5.68. The van der Waals surface area contributed by atoms with Gasteiger partial charge in [-0.3, -0.25) is 19.2 Å². The fraction of sp³-hybridized carbons (Fsp3) is 0.171. The molecule has 38 heteroatoms. The molecule has 8 aliphatic carbocycles. The topological polar surface area (TPSA) is 510 Å². The maximum absolute atomic E-state index is 12.8. The summed E-state index contributed by atoms with van der Waals surface area (Å²) in [6.07, 6.45) is 16.3. The Bertz CT molecular complexity index is 4760. The molecule has 0 saturated heterocycles. The second kappa shape index (κ2) is 36.6. The Balaban J connectivity index is 0.000000290. The first kappa shape index (κ1) is 87.7. The van der Waals surface area contributed by atoms with Crippen molar-refractivity contribution in [1.29, 1.82) is 0 Å². The molecule has 0 bridgehead atoms. The van der Waals surface area contributed by atoms with Gasteiger partial charge in [-0.05, 0) is 194 Å². The summed E-state index contributed by atoms with van der Waals surface area (Å²) < 4.78 is 136. The predicted molar refractivity (Wildman–Crippen MR) is 375 cm³/mol. The molecule has 536 valence electrons. The van der Waals surface area contributed by atoms with Gasteiger partial charge in [0.05, 0.1) is 0 Å². The van der Waals surface area contributed by atoms with Crippen LogP contribution in [0, 0.1) is 23.7 Å². The number of nitrogens with one attached hydrogen (secondary N) is 4. The summed E-state index contributed by atoms with van der Waals surface area (Å²) in [5, 5.41) is 51.7. The zero-order chi connectivity index (χ0) is 74.7. The van der Waals surface area contributed by atoms with E-state index in [1.807, 2.05) is 0 Å². The van der Waals surface area contributed by atoms with Crippen molar-refractivity contribution in [3.63, 3.8) is 0 Å². The van der Waals surface area contributed by atoms with Crippen LogP contribution in [0.5, 0.6) is 0 Å². The molecule has 0 saturated carbocycles. The van der Waals surface area contributed by atoms with Gasteiger partial charge in [0.2, 0.25) is 0 Å². The van der Waals surface area contributed by atoms with Gasteiger partial charge in [0.15, 0.2) is 0 Å². The molecule has 4 aromatic rings. The monoisotopic (exact) mass is 1580 g/mol. The van der Waals surface area contributed by atoms with Gasteiger partial charge in [-0.15, -0.1) is 0 Å². The Labute approximate surface area is 706 Å². The minimum atomic E-state index is -4.69.